The third kappa shape index (κ3) is 66.6. The number of hydrogen-bond acceptors (Lipinski definition) is 16. The van der Waals surface area contributed by atoms with E-state index in [4.69, 9.17) is 66.4 Å². The summed E-state index contributed by atoms with van der Waals surface area (Å²) in [5, 5.41) is 110. The van der Waals surface area contributed by atoms with E-state index in [9.17, 15) is 9.59 Å². The Hall–Kier alpha value is -3.81. The first-order chi connectivity index (χ1) is 33.6. The molecule has 0 fully saturated rings. The fourth-order valence-corrected chi connectivity index (χ4v) is 4.06. The van der Waals surface area contributed by atoms with Crippen LogP contribution in [0, 0.1) is 29.7 Å². The molecule has 6 rings (SSSR count). The number of carboxylic acids is 2. The Bertz CT molecular complexity index is 1840. The maximum absolute atomic E-state index is 10.2. The SMILES string of the molecule is CN(C)CCO.CN(C)CCO.CN(C)CO.O=C(O)c1ccccc1.O=C(O)c1ccccc1.OC(O)c1ccccc1.OC(O)c1ccccc1.OC(O)c1ccccc1.OC(O)c1ccccc1.[CH3-].[CH3-].[CH3-].[CH3-].[Zn+2].[Zn].[Zn].[Zn]. The minimum Gasteiger partial charge on any atom is -0.478 e. The van der Waals surface area contributed by atoms with Gasteiger partial charge in [0.05, 0.1) is 31.1 Å². The molecular formula is C57H87N3O15Zn4-2. The van der Waals surface area contributed by atoms with E-state index in [0.29, 0.717) is 33.4 Å². The van der Waals surface area contributed by atoms with Crippen molar-refractivity contribution >= 4 is 11.9 Å². The van der Waals surface area contributed by atoms with Crippen molar-refractivity contribution in [1.82, 2.24) is 14.7 Å². The van der Waals surface area contributed by atoms with Gasteiger partial charge in [0.15, 0.2) is 25.2 Å². The third-order valence-electron chi connectivity index (χ3n) is 7.81. The predicted octanol–water partition coefficient (Wildman–Crippen LogP) is 5.82. The second-order valence-corrected chi connectivity index (χ2v) is 14.8. The van der Waals surface area contributed by atoms with Gasteiger partial charge >= 0.3 is 31.4 Å². The molecule has 0 unspecified atom stereocenters. The zero-order chi connectivity index (χ0) is 54.4. The minimum atomic E-state index is -1.34. The minimum absolute atomic E-state index is 0. The van der Waals surface area contributed by atoms with Gasteiger partial charge in [-0.15, -0.1) is 0 Å². The van der Waals surface area contributed by atoms with Gasteiger partial charge in [-0.2, -0.15) is 0 Å². The molecule has 0 bridgehead atoms. The Kier molecular flexibility index (Phi) is 87.1. The molecular weight excluding hydrogens is 1230 g/mol. The summed E-state index contributed by atoms with van der Waals surface area (Å²) < 4.78 is 0. The van der Waals surface area contributed by atoms with Crippen molar-refractivity contribution in [3.05, 3.63) is 245 Å². The van der Waals surface area contributed by atoms with Crippen molar-refractivity contribution in [3.63, 3.8) is 0 Å². The van der Waals surface area contributed by atoms with E-state index in [2.05, 4.69) is 0 Å². The van der Waals surface area contributed by atoms with Gasteiger partial charge in [0.25, 0.3) is 0 Å². The summed E-state index contributed by atoms with van der Waals surface area (Å²) in [4.78, 5) is 25.9. The van der Waals surface area contributed by atoms with Gasteiger partial charge in [-0.05, 0) is 66.6 Å². The molecule has 0 aliphatic rings. The monoisotopic (exact) mass is 1310 g/mol. The van der Waals surface area contributed by atoms with Crippen LogP contribution in [0.3, 0.4) is 0 Å². The van der Waals surface area contributed by atoms with Crippen molar-refractivity contribution in [2.75, 3.05) is 75.3 Å². The Morgan fingerprint density at radius 1 is 0.342 bits per heavy atom. The van der Waals surface area contributed by atoms with Crippen LogP contribution >= 0.6 is 0 Å². The number of aromatic carboxylic acids is 2. The number of aliphatic hydroxyl groups excluding tert-OH is 7. The number of likely N-dealkylation sites (N-methyl/N-ethyl adjacent to an activating group) is 2. The van der Waals surface area contributed by atoms with E-state index < -0.39 is 37.1 Å². The first-order valence-electron chi connectivity index (χ1n) is 21.6. The molecule has 0 radical (unpaired) electrons. The average molecular weight is 1320 g/mol. The Morgan fingerprint density at radius 2 is 0.494 bits per heavy atom. The molecule has 0 amide bonds. The fourth-order valence-electron chi connectivity index (χ4n) is 4.06. The van der Waals surface area contributed by atoms with Gasteiger partial charge in [-0.3, -0.25) is 4.90 Å². The quantitative estimate of drug-likeness (QED) is 0.0413. The molecule has 13 N–H and O–H groups in total. The number of hydrogen-bond donors (Lipinski definition) is 13. The summed E-state index contributed by atoms with van der Waals surface area (Å²) in [6.45, 7) is 2.18. The van der Waals surface area contributed by atoms with Crippen LogP contribution in [0.2, 0.25) is 0 Å². The van der Waals surface area contributed by atoms with Crippen molar-refractivity contribution in [3.8, 4) is 0 Å². The van der Waals surface area contributed by atoms with Crippen molar-refractivity contribution < 1.29 is 154 Å². The van der Waals surface area contributed by atoms with Crippen LogP contribution in [0.25, 0.3) is 0 Å². The number of nitrogens with zero attached hydrogens (tertiary/aromatic N) is 3. The van der Waals surface area contributed by atoms with Gasteiger partial charge in [0.1, 0.15) is 0 Å². The second-order valence-electron chi connectivity index (χ2n) is 14.8. The Morgan fingerprint density at radius 3 is 0.557 bits per heavy atom. The van der Waals surface area contributed by atoms with E-state index in [1.165, 1.54) is 0 Å². The van der Waals surface area contributed by atoms with E-state index in [1.54, 1.807) is 177 Å². The van der Waals surface area contributed by atoms with E-state index in [0.717, 1.165) is 13.1 Å². The molecule has 0 heterocycles. The number of carboxylic acid groups (broad SMARTS) is 2. The standard InChI is InChI=1S/4C7H8O2.2C7H6O2.2C4H11NO.C3H9NO.4CH3.4Zn/c6*8-7(9)6-4-2-1-3-5-6;2*1-5(2)3-4-6;1-4(2)3-5;;;;;;;;/h4*1-5,7-9H;2*1-5H,(H,8,9);2*6H,3-4H2,1-2H3;5H,3H2,1-2H3;4*1H3;;;;/q;;;;;;;;;4*-1;;;;+2. The van der Waals surface area contributed by atoms with Crippen molar-refractivity contribution in [2.45, 2.75) is 25.2 Å². The summed E-state index contributed by atoms with van der Waals surface area (Å²) >= 11 is 0. The zero-order valence-corrected chi connectivity index (χ0v) is 59.8. The number of benzene rings is 6. The van der Waals surface area contributed by atoms with Crippen LogP contribution < -0.4 is 0 Å². The smallest absolute Gasteiger partial charge is 0.478 e. The maximum Gasteiger partial charge on any atom is 2.00 e. The van der Waals surface area contributed by atoms with Gasteiger partial charge < -0.3 is 106 Å². The molecule has 0 spiro atoms. The van der Waals surface area contributed by atoms with Crippen molar-refractivity contribution in [2.24, 2.45) is 0 Å². The second kappa shape index (κ2) is 68.5. The summed E-state index contributed by atoms with van der Waals surface area (Å²) in [5.41, 5.74) is 2.76. The molecule has 22 heteroatoms. The molecule has 0 saturated carbocycles. The normalized spacial score (nSPS) is 8.76. The van der Waals surface area contributed by atoms with E-state index in [1.807, 2.05) is 62.3 Å². The zero-order valence-electron chi connectivity index (χ0n) is 48.0. The molecule has 18 nitrogen and oxygen atoms in total. The third-order valence-corrected chi connectivity index (χ3v) is 7.81. The maximum atomic E-state index is 10.2. The Balaban J connectivity index is -0.0000000727. The van der Waals surface area contributed by atoms with Gasteiger partial charge in [-0.1, -0.05) is 158 Å². The average Bonchev–Trinajstić information content (AvgIpc) is 3.37. The topological polar surface area (TPSA) is 307 Å². The van der Waals surface area contributed by atoms with Gasteiger partial charge in [-0.25, -0.2) is 9.59 Å². The summed E-state index contributed by atoms with van der Waals surface area (Å²) in [7, 11) is 11.3. The Labute approximate surface area is 522 Å². The van der Waals surface area contributed by atoms with Crippen LogP contribution in [0.4, 0.5) is 0 Å². The number of aliphatic hydroxyl groups is 11. The largest absolute Gasteiger partial charge is 2.00 e. The first kappa shape index (κ1) is 100. The fraction of sp³-hybridized carbons (Fsp3) is 0.263. The van der Waals surface area contributed by atoms with Crippen LogP contribution in [-0.2, 0) is 77.9 Å². The molecule has 6 aromatic rings. The molecule has 6 aromatic carbocycles. The van der Waals surface area contributed by atoms with Crippen LogP contribution in [-0.4, -0.2) is 168 Å². The first-order valence-corrected chi connectivity index (χ1v) is 21.6. The van der Waals surface area contributed by atoms with Crippen LogP contribution in [0.15, 0.2) is 182 Å². The van der Waals surface area contributed by atoms with Crippen LogP contribution in [0.1, 0.15) is 68.1 Å². The predicted molar refractivity (Wildman–Crippen MR) is 299 cm³/mol. The van der Waals surface area contributed by atoms with E-state index >= 15 is 0 Å². The number of carbonyl (C=O) groups is 2. The van der Waals surface area contributed by atoms with Gasteiger partial charge in [0.2, 0.25) is 0 Å². The molecule has 0 aliphatic heterocycles. The summed E-state index contributed by atoms with van der Waals surface area (Å²) in [6, 6.07) is 51.2. The molecule has 0 aliphatic carbocycles. The molecule has 0 atom stereocenters. The number of rotatable bonds is 11. The van der Waals surface area contributed by atoms with E-state index in [-0.39, 0.29) is 128 Å². The molecule has 0 saturated heterocycles. The molecule has 79 heavy (non-hydrogen) atoms. The summed E-state index contributed by atoms with van der Waals surface area (Å²) in [6.07, 6.45) is -5.37. The summed E-state index contributed by atoms with van der Waals surface area (Å²) in [5.74, 6) is -1.76. The van der Waals surface area contributed by atoms with Gasteiger partial charge in [0, 0.05) is 93.8 Å². The molecule has 0 aromatic heterocycles. The van der Waals surface area contributed by atoms with Crippen molar-refractivity contribution in [1.29, 1.82) is 0 Å². The van der Waals surface area contributed by atoms with Crippen LogP contribution in [0.5, 0.6) is 0 Å². The molecule has 430 valence electrons.